The summed E-state index contributed by atoms with van der Waals surface area (Å²) in [5.41, 5.74) is 0.0969. The molecule has 19 heavy (non-hydrogen) atoms. The lowest BCUT2D eigenvalue weighted by molar-refractivity contribution is -0.150. The van der Waals surface area contributed by atoms with Crippen LogP contribution in [-0.2, 0) is 9.59 Å². The number of carbonyl (C=O) groups excluding carboxylic acids is 2. The summed E-state index contributed by atoms with van der Waals surface area (Å²) >= 11 is 0. The second-order valence-electron chi connectivity index (χ2n) is 6.16. The molecule has 5 heteroatoms. The van der Waals surface area contributed by atoms with Crippen LogP contribution in [0.25, 0.3) is 0 Å². The molecule has 0 radical (unpaired) electrons. The average molecular weight is 269 g/mol. The summed E-state index contributed by atoms with van der Waals surface area (Å²) in [5, 5.41) is 3.38. The van der Waals surface area contributed by atoms with E-state index in [1.807, 2.05) is 6.92 Å². The Hall–Kier alpha value is -1.10. The van der Waals surface area contributed by atoms with Gasteiger partial charge in [0.1, 0.15) is 0 Å². The highest BCUT2D eigenvalue weighted by Crippen LogP contribution is 2.06. The van der Waals surface area contributed by atoms with Gasteiger partial charge in [0.05, 0.1) is 13.1 Å². The maximum Gasteiger partial charge on any atom is 0.242 e. The molecule has 0 aromatic carbocycles. The van der Waals surface area contributed by atoms with Gasteiger partial charge in [-0.25, -0.2) is 0 Å². The Balaban J connectivity index is 2.32. The van der Waals surface area contributed by atoms with Crippen molar-refractivity contribution in [2.45, 2.75) is 46.1 Å². The summed E-state index contributed by atoms with van der Waals surface area (Å²) in [4.78, 5) is 27.1. The molecule has 0 aliphatic carbocycles. The Morgan fingerprint density at radius 2 is 1.58 bits per heavy atom. The first kappa shape index (κ1) is 16.0. The minimum absolute atomic E-state index is 0.0730. The van der Waals surface area contributed by atoms with Gasteiger partial charge in [0.15, 0.2) is 0 Å². The minimum atomic E-state index is 0.0730. The summed E-state index contributed by atoms with van der Waals surface area (Å²) in [6, 6.07) is 0. The third kappa shape index (κ3) is 5.59. The molecule has 0 bridgehead atoms. The number of nitrogens with zero attached hydrogens (tertiary/aromatic N) is 2. The topological polar surface area (TPSA) is 52.7 Å². The van der Waals surface area contributed by atoms with Crippen molar-refractivity contribution < 1.29 is 9.59 Å². The van der Waals surface area contributed by atoms with Crippen molar-refractivity contribution in [3.05, 3.63) is 0 Å². The van der Waals surface area contributed by atoms with Crippen molar-refractivity contribution in [2.24, 2.45) is 0 Å². The number of hydrogen-bond acceptors (Lipinski definition) is 3. The van der Waals surface area contributed by atoms with Crippen LogP contribution in [-0.4, -0.2) is 59.9 Å². The second-order valence-corrected chi connectivity index (χ2v) is 6.16. The molecule has 110 valence electrons. The quantitative estimate of drug-likeness (QED) is 0.727. The Kier molecular flexibility index (Phi) is 5.79. The number of carbonyl (C=O) groups is 2. The summed E-state index contributed by atoms with van der Waals surface area (Å²) in [6.07, 6.45) is 1.78. The van der Waals surface area contributed by atoms with Gasteiger partial charge in [-0.15, -0.1) is 0 Å². The molecule has 0 atom stereocenters. The molecule has 0 aromatic heterocycles. The van der Waals surface area contributed by atoms with Crippen LogP contribution in [0, 0.1) is 0 Å². The fourth-order valence-corrected chi connectivity index (χ4v) is 2.11. The van der Waals surface area contributed by atoms with E-state index in [1.54, 1.807) is 9.80 Å². The third-order valence-electron chi connectivity index (χ3n) is 3.11. The molecule has 1 heterocycles. The number of piperazine rings is 1. The van der Waals surface area contributed by atoms with E-state index >= 15 is 0 Å². The van der Waals surface area contributed by atoms with Gasteiger partial charge in [-0.2, -0.15) is 0 Å². The van der Waals surface area contributed by atoms with Crippen molar-refractivity contribution in [2.75, 3.05) is 32.7 Å². The largest absolute Gasteiger partial charge is 0.332 e. The molecule has 0 saturated carbocycles. The van der Waals surface area contributed by atoms with E-state index in [1.165, 1.54) is 0 Å². The smallest absolute Gasteiger partial charge is 0.242 e. The third-order valence-corrected chi connectivity index (χ3v) is 3.11. The molecule has 1 N–H and O–H groups in total. The number of amides is 2. The minimum Gasteiger partial charge on any atom is -0.332 e. The van der Waals surface area contributed by atoms with Crippen LogP contribution in [0.4, 0.5) is 0 Å². The van der Waals surface area contributed by atoms with Gasteiger partial charge in [-0.1, -0.05) is 6.92 Å². The maximum atomic E-state index is 11.9. The highest BCUT2D eigenvalue weighted by molar-refractivity contribution is 5.92. The maximum absolute atomic E-state index is 11.9. The summed E-state index contributed by atoms with van der Waals surface area (Å²) in [7, 11) is 0. The van der Waals surface area contributed by atoms with Crippen LogP contribution in [0.3, 0.4) is 0 Å². The van der Waals surface area contributed by atoms with Gasteiger partial charge in [0.25, 0.3) is 0 Å². The molecule has 5 nitrogen and oxygen atoms in total. The zero-order valence-corrected chi connectivity index (χ0v) is 12.7. The van der Waals surface area contributed by atoms with Gasteiger partial charge in [0.2, 0.25) is 11.8 Å². The SMILES string of the molecule is CCCN1CC(=O)N(CCCNC(C)(C)C)CC1=O. The molecule has 0 spiro atoms. The lowest BCUT2D eigenvalue weighted by Crippen LogP contribution is -2.54. The lowest BCUT2D eigenvalue weighted by atomic mass is 10.1. The monoisotopic (exact) mass is 269 g/mol. The molecule has 0 unspecified atom stereocenters. The van der Waals surface area contributed by atoms with Crippen LogP contribution in [0.1, 0.15) is 40.5 Å². The standard InChI is InChI=1S/C14H27N3O2/c1-5-8-16-10-13(19)17(11-12(16)18)9-6-7-15-14(2,3)4/h15H,5-11H2,1-4H3. The highest BCUT2D eigenvalue weighted by Gasteiger charge is 2.28. The van der Waals surface area contributed by atoms with Gasteiger partial charge < -0.3 is 15.1 Å². The van der Waals surface area contributed by atoms with Gasteiger partial charge in [-0.3, -0.25) is 9.59 Å². The molecule has 2 amide bonds. The lowest BCUT2D eigenvalue weighted by Gasteiger charge is -2.34. The van der Waals surface area contributed by atoms with Crippen molar-refractivity contribution in [3.63, 3.8) is 0 Å². The van der Waals surface area contributed by atoms with Gasteiger partial charge in [-0.05, 0) is 40.2 Å². The summed E-state index contributed by atoms with van der Waals surface area (Å²) in [5.74, 6) is 0.147. The van der Waals surface area contributed by atoms with E-state index in [0.717, 1.165) is 19.4 Å². The fraction of sp³-hybridized carbons (Fsp3) is 0.857. The number of hydrogen-bond donors (Lipinski definition) is 1. The van der Waals surface area contributed by atoms with E-state index in [-0.39, 0.29) is 30.4 Å². The van der Waals surface area contributed by atoms with Crippen molar-refractivity contribution in [1.82, 2.24) is 15.1 Å². The molecule has 1 aliphatic heterocycles. The fourth-order valence-electron chi connectivity index (χ4n) is 2.11. The van der Waals surface area contributed by atoms with Gasteiger partial charge in [0, 0.05) is 18.6 Å². The normalized spacial score (nSPS) is 17.3. The van der Waals surface area contributed by atoms with E-state index in [4.69, 9.17) is 0 Å². The molecule has 1 aliphatic rings. The second kappa shape index (κ2) is 6.89. The predicted octanol–water partition coefficient (Wildman–Crippen LogP) is 0.845. The van der Waals surface area contributed by atoms with Crippen molar-refractivity contribution in [3.8, 4) is 0 Å². The first-order chi connectivity index (χ1) is 8.83. The van der Waals surface area contributed by atoms with Crippen LogP contribution < -0.4 is 5.32 Å². The number of nitrogens with one attached hydrogen (secondary N) is 1. The molecule has 1 rings (SSSR count). The van der Waals surface area contributed by atoms with E-state index in [9.17, 15) is 9.59 Å². The molecule has 1 saturated heterocycles. The zero-order chi connectivity index (χ0) is 14.5. The molecule has 0 aromatic rings. The summed E-state index contributed by atoms with van der Waals surface area (Å²) in [6.45, 7) is 11.1. The van der Waals surface area contributed by atoms with Gasteiger partial charge >= 0.3 is 0 Å². The highest BCUT2D eigenvalue weighted by atomic mass is 16.2. The van der Waals surface area contributed by atoms with Crippen LogP contribution >= 0.6 is 0 Å². The molecular formula is C14H27N3O2. The Morgan fingerprint density at radius 1 is 1.05 bits per heavy atom. The van der Waals surface area contributed by atoms with Crippen LogP contribution in [0.5, 0.6) is 0 Å². The predicted molar refractivity (Wildman–Crippen MR) is 75.8 cm³/mol. The van der Waals surface area contributed by atoms with Crippen LogP contribution in [0.2, 0.25) is 0 Å². The summed E-state index contributed by atoms with van der Waals surface area (Å²) < 4.78 is 0. The van der Waals surface area contributed by atoms with Crippen LogP contribution in [0.15, 0.2) is 0 Å². The first-order valence-electron chi connectivity index (χ1n) is 7.14. The van der Waals surface area contributed by atoms with E-state index < -0.39 is 0 Å². The molecule has 1 fully saturated rings. The average Bonchev–Trinajstić information content (AvgIpc) is 2.29. The van der Waals surface area contributed by atoms with E-state index in [0.29, 0.717) is 13.1 Å². The zero-order valence-electron chi connectivity index (χ0n) is 12.7. The van der Waals surface area contributed by atoms with Crippen molar-refractivity contribution in [1.29, 1.82) is 0 Å². The Labute approximate surface area is 116 Å². The Morgan fingerprint density at radius 3 is 2.05 bits per heavy atom. The molecular weight excluding hydrogens is 242 g/mol. The first-order valence-corrected chi connectivity index (χ1v) is 7.14. The Bertz CT molecular complexity index is 323. The van der Waals surface area contributed by atoms with Crippen molar-refractivity contribution >= 4 is 11.8 Å². The van der Waals surface area contributed by atoms with E-state index in [2.05, 4.69) is 26.1 Å². The number of rotatable bonds is 6.